The Kier molecular flexibility index (Phi) is 8.09. The number of piperidine rings is 1. The van der Waals surface area contributed by atoms with Gasteiger partial charge in [-0.05, 0) is 69.0 Å². The van der Waals surface area contributed by atoms with Crippen molar-refractivity contribution in [2.24, 2.45) is 0 Å². The maximum atomic E-state index is 13.2. The van der Waals surface area contributed by atoms with E-state index in [2.05, 4.69) is 0 Å². The van der Waals surface area contributed by atoms with E-state index in [1.54, 1.807) is 42.3 Å². The maximum absolute atomic E-state index is 13.2. The molecule has 1 saturated heterocycles. The number of amides is 2. The second-order valence-electron chi connectivity index (χ2n) is 7.97. The minimum absolute atomic E-state index is 0.0415. The van der Waals surface area contributed by atoms with Crippen molar-refractivity contribution < 1.29 is 23.5 Å². The van der Waals surface area contributed by atoms with Crippen LogP contribution < -0.4 is 9.47 Å². The van der Waals surface area contributed by atoms with Gasteiger partial charge in [0.25, 0.3) is 11.8 Å². The van der Waals surface area contributed by atoms with Crippen LogP contribution in [-0.4, -0.2) is 55.0 Å². The molecule has 1 unspecified atom stereocenters. The van der Waals surface area contributed by atoms with Gasteiger partial charge in [-0.1, -0.05) is 12.1 Å². The summed E-state index contributed by atoms with van der Waals surface area (Å²) in [7, 11) is 1.71. The van der Waals surface area contributed by atoms with Crippen LogP contribution in [0.5, 0.6) is 11.5 Å². The average Bonchev–Trinajstić information content (AvgIpc) is 2.82. The molecule has 32 heavy (non-hydrogen) atoms. The van der Waals surface area contributed by atoms with E-state index in [1.165, 1.54) is 12.1 Å². The Hall–Kier alpha value is -3.09. The van der Waals surface area contributed by atoms with Crippen LogP contribution in [0, 0.1) is 5.82 Å². The summed E-state index contributed by atoms with van der Waals surface area (Å²) in [6.07, 6.45) is 3.20. The molecule has 0 bridgehead atoms. The molecule has 1 heterocycles. The molecule has 3 rings (SSSR count). The Balaban J connectivity index is 1.70. The van der Waals surface area contributed by atoms with Gasteiger partial charge in [-0.3, -0.25) is 9.59 Å². The molecule has 0 radical (unpaired) electrons. The van der Waals surface area contributed by atoms with Crippen molar-refractivity contribution in [1.82, 2.24) is 9.80 Å². The number of ether oxygens (including phenoxy) is 2. The molecule has 2 aromatic carbocycles. The highest BCUT2D eigenvalue weighted by atomic mass is 19.1. The van der Waals surface area contributed by atoms with E-state index >= 15 is 0 Å². The van der Waals surface area contributed by atoms with E-state index in [1.807, 2.05) is 18.7 Å². The Morgan fingerprint density at radius 3 is 2.38 bits per heavy atom. The molecule has 0 aromatic heterocycles. The van der Waals surface area contributed by atoms with Gasteiger partial charge in [-0.2, -0.15) is 0 Å². The topological polar surface area (TPSA) is 59.1 Å². The molecule has 0 N–H and O–H groups in total. The first kappa shape index (κ1) is 23.6. The van der Waals surface area contributed by atoms with E-state index < -0.39 is 0 Å². The van der Waals surface area contributed by atoms with Crippen molar-refractivity contribution >= 4 is 11.8 Å². The molecule has 7 heteroatoms. The lowest BCUT2D eigenvalue weighted by atomic mass is 10.1. The summed E-state index contributed by atoms with van der Waals surface area (Å²) in [6, 6.07) is 10.8. The number of halogens is 1. The van der Waals surface area contributed by atoms with Gasteiger partial charge in [0, 0.05) is 25.7 Å². The molecule has 1 fully saturated rings. The second kappa shape index (κ2) is 11.0. The fourth-order valence-corrected chi connectivity index (χ4v) is 3.75. The molecular weight excluding hydrogens is 411 g/mol. The first-order valence-electron chi connectivity index (χ1n) is 11.1. The zero-order chi connectivity index (χ0) is 23.1. The van der Waals surface area contributed by atoms with E-state index in [-0.39, 0.29) is 30.3 Å². The Morgan fingerprint density at radius 1 is 1.03 bits per heavy atom. The van der Waals surface area contributed by atoms with Gasteiger partial charge >= 0.3 is 0 Å². The standard InChI is InChI=1S/C25H31FN2O4/c1-4-31-23-16-20(25(30)27(3)18(2)19-8-11-21(26)12-9-19)10-13-22(23)32-17-24(29)28-14-6-5-7-15-28/h8-13,16,18H,4-7,14-15,17H2,1-3H3. The lowest BCUT2D eigenvalue weighted by molar-refractivity contribution is -0.134. The monoisotopic (exact) mass is 442 g/mol. The van der Waals surface area contributed by atoms with Gasteiger partial charge in [-0.25, -0.2) is 4.39 Å². The van der Waals surface area contributed by atoms with Crippen molar-refractivity contribution in [3.05, 3.63) is 59.4 Å². The third-order valence-corrected chi connectivity index (χ3v) is 5.80. The van der Waals surface area contributed by atoms with Crippen molar-refractivity contribution in [1.29, 1.82) is 0 Å². The van der Waals surface area contributed by atoms with Crippen molar-refractivity contribution in [3.8, 4) is 11.5 Å². The summed E-state index contributed by atoms with van der Waals surface area (Å²) in [5.41, 5.74) is 1.28. The molecule has 1 aliphatic heterocycles. The summed E-state index contributed by atoms with van der Waals surface area (Å²) in [5.74, 6) is 0.306. The van der Waals surface area contributed by atoms with Crippen LogP contribution in [0.1, 0.15) is 55.1 Å². The van der Waals surface area contributed by atoms with Gasteiger partial charge in [0.05, 0.1) is 12.6 Å². The van der Waals surface area contributed by atoms with Gasteiger partial charge in [-0.15, -0.1) is 0 Å². The fraction of sp³-hybridized carbons (Fsp3) is 0.440. The third-order valence-electron chi connectivity index (χ3n) is 5.80. The molecule has 1 atom stereocenters. The van der Waals surface area contributed by atoms with Crippen LogP contribution in [0.2, 0.25) is 0 Å². The van der Waals surface area contributed by atoms with Gasteiger partial charge in [0.15, 0.2) is 18.1 Å². The molecular formula is C25H31FN2O4. The number of likely N-dealkylation sites (tertiary alicyclic amines) is 1. The molecule has 0 spiro atoms. The summed E-state index contributed by atoms with van der Waals surface area (Å²) in [5, 5.41) is 0. The van der Waals surface area contributed by atoms with E-state index in [0.29, 0.717) is 23.7 Å². The molecule has 0 aliphatic carbocycles. The first-order valence-corrected chi connectivity index (χ1v) is 11.1. The van der Waals surface area contributed by atoms with Crippen molar-refractivity contribution in [3.63, 3.8) is 0 Å². The maximum Gasteiger partial charge on any atom is 0.260 e. The van der Waals surface area contributed by atoms with Crippen LogP contribution in [0.3, 0.4) is 0 Å². The SMILES string of the molecule is CCOc1cc(C(=O)N(C)C(C)c2ccc(F)cc2)ccc1OCC(=O)N1CCCCC1. The highest BCUT2D eigenvalue weighted by Gasteiger charge is 2.22. The summed E-state index contributed by atoms with van der Waals surface area (Å²) in [6.45, 7) is 5.61. The van der Waals surface area contributed by atoms with Crippen LogP contribution in [0.15, 0.2) is 42.5 Å². The van der Waals surface area contributed by atoms with E-state index in [4.69, 9.17) is 9.47 Å². The number of benzene rings is 2. The number of nitrogens with zero attached hydrogens (tertiary/aromatic N) is 2. The molecule has 2 amide bonds. The second-order valence-corrected chi connectivity index (χ2v) is 7.97. The Morgan fingerprint density at radius 2 is 1.72 bits per heavy atom. The normalized spacial score (nSPS) is 14.6. The van der Waals surface area contributed by atoms with Gasteiger partial charge in [0.1, 0.15) is 5.82 Å². The number of rotatable bonds is 8. The predicted molar refractivity (Wildman–Crippen MR) is 120 cm³/mol. The minimum atomic E-state index is -0.314. The third kappa shape index (κ3) is 5.78. The lowest BCUT2D eigenvalue weighted by Crippen LogP contribution is -2.38. The van der Waals surface area contributed by atoms with Crippen molar-refractivity contribution in [2.75, 3.05) is 33.4 Å². The fourth-order valence-electron chi connectivity index (χ4n) is 3.75. The van der Waals surface area contributed by atoms with Crippen molar-refractivity contribution in [2.45, 2.75) is 39.2 Å². The van der Waals surface area contributed by atoms with Crippen LogP contribution in [0.25, 0.3) is 0 Å². The summed E-state index contributed by atoms with van der Waals surface area (Å²) >= 11 is 0. The predicted octanol–water partition coefficient (Wildman–Crippen LogP) is 4.45. The van der Waals surface area contributed by atoms with Gasteiger partial charge < -0.3 is 19.3 Å². The van der Waals surface area contributed by atoms with Crippen LogP contribution in [-0.2, 0) is 4.79 Å². The molecule has 172 valence electrons. The highest BCUT2D eigenvalue weighted by Crippen LogP contribution is 2.30. The van der Waals surface area contributed by atoms with E-state index in [9.17, 15) is 14.0 Å². The average molecular weight is 443 g/mol. The Bertz CT molecular complexity index is 926. The molecule has 0 saturated carbocycles. The van der Waals surface area contributed by atoms with Crippen LogP contribution in [0.4, 0.5) is 4.39 Å². The minimum Gasteiger partial charge on any atom is -0.490 e. The number of hydrogen-bond donors (Lipinski definition) is 0. The zero-order valence-electron chi connectivity index (χ0n) is 19.0. The lowest BCUT2D eigenvalue weighted by Gasteiger charge is -2.27. The molecule has 6 nitrogen and oxygen atoms in total. The number of hydrogen-bond acceptors (Lipinski definition) is 4. The van der Waals surface area contributed by atoms with E-state index in [0.717, 1.165) is 37.9 Å². The Labute approximate surface area is 188 Å². The highest BCUT2D eigenvalue weighted by molar-refractivity contribution is 5.95. The van der Waals surface area contributed by atoms with Gasteiger partial charge in [0.2, 0.25) is 0 Å². The number of carbonyl (C=O) groups is 2. The molecule has 2 aromatic rings. The van der Waals surface area contributed by atoms with Crippen LogP contribution >= 0.6 is 0 Å². The summed E-state index contributed by atoms with van der Waals surface area (Å²) in [4.78, 5) is 28.9. The first-order chi connectivity index (χ1) is 15.4. The largest absolute Gasteiger partial charge is 0.490 e. The summed E-state index contributed by atoms with van der Waals surface area (Å²) < 4.78 is 24.7. The zero-order valence-corrected chi connectivity index (χ0v) is 19.0. The number of carbonyl (C=O) groups excluding carboxylic acids is 2. The quantitative estimate of drug-likeness (QED) is 0.606. The smallest absolute Gasteiger partial charge is 0.260 e. The molecule has 1 aliphatic rings.